The second-order valence-corrected chi connectivity index (χ2v) is 4.29. The van der Waals surface area contributed by atoms with Crippen molar-refractivity contribution in [1.29, 1.82) is 0 Å². The summed E-state index contributed by atoms with van der Waals surface area (Å²) in [6.07, 6.45) is 4.33. The van der Waals surface area contributed by atoms with Gasteiger partial charge < -0.3 is 4.74 Å². The van der Waals surface area contributed by atoms with Crippen molar-refractivity contribution in [3.8, 4) is 5.88 Å². The normalized spacial score (nSPS) is 14.7. The summed E-state index contributed by atoms with van der Waals surface area (Å²) in [5.74, 6) is 0.767. The quantitative estimate of drug-likeness (QED) is 0.727. The minimum atomic E-state index is 0.0423. The minimum Gasteiger partial charge on any atom is -0.477 e. The molecule has 0 bridgehead atoms. The third kappa shape index (κ3) is 3.67. The molecule has 0 radical (unpaired) electrons. The highest BCUT2D eigenvalue weighted by molar-refractivity contribution is 6.20. The van der Waals surface area contributed by atoms with E-state index in [1.165, 1.54) is 0 Å². The van der Waals surface area contributed by atoms with Crippen LogP contribution in [0.15, 0.2) is 12.4 Å². The third-order valence-electron chi connectivity index (χ3n) is 2.24. The average Bonchev–Trinajstić information content (AvgIpc) is 2.25. The number of halogens is 1. The Kier molecular flexibility index (Phi) is 4.82. The van der Waals surface area contributed by atoms with Crippen LogP contribution in [0.25, 0.3) is 0 Å². The second kappa shape index (κ2) is 5.91. The lowest BCUT2D eigenvalue weighted by Gasteiger charge is -2.13. The van der Waals surface area contributed by atoms with Gasteiger partial charge in [-0.3, -0.25) is 4.98 Å². The van der Waals surface area contributed by atoms with E-state index in [9.17, 15) is 0 Å². The maximum Gasteiger partial charge on any atom is 0.232 e. The Morgan fingerprint density at radius 1 is 1.40 bits per heavy atom. The third-order valence-corrected chi connectivity index (χ3v) is 2.62. The van der Waals surface area contributed by atoms with E-state index in [1.54, 1.807) is 12.4 Å². The van der Waals surface area contributed by atoms with Gasteiger partial charge >= 0.3 is 0 Å². The monoisotopic (exact) mass is 228 g/mol. The van der Waals surface area contributed by atoms with Gasteiger partial charge in [-0.05, 0) is 13.3 Å². The predicted octanol–water partition coefficient (Wildman–Crippen LogP) is 3.00. The van der Waals surface area contributed by atoms with Crippen LogP contribution in [0, 0.1) is 0 Å². The molecule has 2 atom stereocenters. The number of hydrogen-bond donors (Lipinski definition) is 0. The highest BCUT2D eigenvalue weighted by atomic mass is 35.5. The summed E-state index contributed by atoms with van der Waals surface area (Å²) in [5.41, 5.74) is 0.881. The molecule has 1 aromatic heterocycles. The molecule has 1 aromatic rings. The number of rotatable bonds is 5. The Balaban J connectivity index is 2.73. The van der Waals surface area contributed by atoms with Gasteiger partial charge in [0.05, 0.1) is 18.5 Å². The number of hydrogen-bond acceptors (Lipinski definition) is 3. The van der Waals surface area contributed by atoms with Crippen LogP contribution in [0.1, 0.15) is 38.8 Å². The van der Waals surface area contributed by atoms with Crippen molar-refractivity contribution in [2.24, 2.45) is 0 Å². The van der Waals surface area contributed by atoms with Crippen molar-refractivity contribution in [2.45, 2.75) is 38.5 Å². The van der Waals surface area contributed by atoms with E-state index < -0.39 is 0 Å². The lowest BCUT2D eigenvalue weighted by Crippen LogP contribution is -2.09. The molecular formula is C11H17ClN2O. The summed E-state index contributed by atoms with van der Waals surface area (Å²) < 4.78 is 5.41. The highest BCUT2D eigenvalue weighted by Crippen LogP contribution is 2.21. The van der Waals surface area contributed by atoms with Crippen molar-refractivity contribution in [1.82, 2.24) is 9.97 Å². The predicted molar refractivity (Wildman–Crippen MR) is 61.5 cm³/mol. The van der Waals surface area contributed by atoms with Crippen molar-refractivity contribution in [3.63, 3.8) is 0 Å². The minimum absolute atomic E-state index is 0.0423. The van der Waals surface area contributed by atoms with Crippen molar-refractivity contribution >= 4 is 11.6 Å². The molecule has 0 aliphatic rings. The Bertz CT molecular complexity index is 304. The van der Waals surface area contributed by atoms with Gasteiger partial charge in [0.2, 0.25) is 5.88 Å². The SMILES string of the molecule is CCCOc1cncc(C(C)C(C)Cl)n1. The summed E-state index contributed by atoms with van der Waals surface area (Å²) in [7, 11) is 0. The first kappa shape index (κ1) is 12.2. The molecule has 15 heavy (non-hydrogen) atoms. The van der Waals surface area contributed by atoms with Gasteiger partial charge in [0.1, 0.15) is 0 Å². The van der Waals surface area contributed by atoms with E-state index in [0.29, 0.717) is 12.5 Å². The number of alkyl halides is 1. The van der Waals surface area contributed by atoms with Crippen LogP contribution in [0.5, 0.6) is 5.88 Å². The highest BCUT2D eigenvalue weighted by Gasteiger charge is 2.14. The van der Waals surface area contributed by atoms with Gasteiger partial charge in [-0.1, -0.05) is 13.8 Å². The zero-order valence-electron chi connectivity index (χ0n) is 9.40. The molecule has 0 aliphatic heterocycles. The smallest absolute Gasteiger partial charge is 0.232 e. The zero-order valence-corrected chi connectivity index (χ0v) is 10.2. The van der Waals surface area contributed by atoms with E-state index in [0.717, 1.165) is 12.1 Å². The fourth-order valence-corrected chi connectivity index (χ4v) is 1.22. The molecular weight excluding hydrogens is 212 g/mol. The summed E-state index contributed by atoms with van der Waals surface area (Å²) in [6.45, 7) is 6.71. The fraction of sp³-hybridized carbons (Fsp3) is 0.636. The summed E-state index contributed by atoms with van der Waals surface area (Å²) in [4.78, 5) is 8.46. The summed E-state index contributed by atoms with van der Waals surface area (Å²) in [6, 6.07) is 0. The molecule has 0 fully saturated rings. The lowest BCUT2D eigenvalue weighted by atomic mass is 10.1. The fourth-order valence-electron chi connectivity index (χ4n) is 1.09. The number of ether oxygens (including phenoxy) is 1. The topological polar surface area (TPSA) is 35.0 Å². The molecule has 0 amide bonds. The molecule has 0 saturated carbocycles. The van der Waals surface area contributed by atoms with Gasteiger partial charge in [-0.25, -0.2) is 4.98 Å². The Hall–Kier alpha value is -0.830. The average molecular weight is 229 g/mol. The Morgan fingerprint density at radius 2 is 2.13 bits per heavy atom. The van der Waals surface area contributed by atoms with E-state index in [2.05, 4.69) is 16.9 Å². The molecule has 84 valence electrons. The van der Waals surface area contributed by atoms with Gasteiger partial charge in [0, 0.05) is 17.5 Å². The lowest BCUT2D eigenvalue weighted by molar-refractivity contribution is 0.302. The molecule has 0 aliphatic carbocycles. The molecule has 0 N–H and O–H groups in total. The summed E-state index contributed by atoms with van der Waals surface area (Å²) >= 11 is 6.01. The molecule has 4 heteroatoms. The van der Waals surface area contributed by atoms with Crippen LogP contribution in [0.4, 0.5) is 0 Å². The first-order valence-corrected chi connectivity index (χ1v) is 5.67. The van der Waals surface area contributed by atoms with E-state index in [1.807, 2.05) is 13.8 Å². The molecule has 1 rings (SSSR count). The molecule has 0 spiro atoms. The van der Waals surface area contributed by atoms with E-state index in [4.69, 9.17) is 16.3 Å². The molecule has 3 nitrogen and oxygen atoms in total. The van der Waals surface area contributed by atoms with Crippen LogP contribution in [-0.4, -0.2) is 22.0 Å². The van der Waals surface area contributed by atoms with E-state index >= 15 is 0 Å². The molecule has 0 aromatic carbocycles. The maximum absolute atomic E-state index is 6.01. The van der Waals surface area contributed by atoms with Crippen LogP contribution >= 0.6 is 11.6 Å². The van der Waals surface area contributed by atoms with Crippen LogP contribution in [0.2, 0.25) is 0 Å². The van der Waals surface area contributed by atoms with Gasteiger partial charge in [0.25, 0.3) is 0 Å². The van der Waals surface area contributed by atoms with Crippen molar-refractivity contribution < 1.29 is 4.74 Å². The Labute approximate surface area is 95.8 Å². The molecule has 2 unspecified atom stereocenters. The van der Waals surface area contributed by atoms with Crippen LogP contribution < -0.4 is 4.74 Å². The Morgan fingerprint density at radius 3 is 2.73 bits per heavy atom. The van der Waals surface area contributed by atoms with Crippen LogP contribution in [-0.2, 0) is 0 Å². The molecule has 1 heterocycles. The zero-order chi connectivity index (χ0) is 11.3. The molecule has 0 saturated heterocycles. The van der Waals surface area contributed by atoms with Crippen LogP contribution in [0.3, 0.4) is 0 Å². The largest absolute Gasteiger partial charge is 0.477 e. The van der Waals surface area contributed by atoms with Gasteiger partial charge in [0.15, 0.2) is 0 Å². The standard InChI is InChI=1S/C11H17ClN2O/c1-4-5-15-11-7-13-6-10(14-11)8(2)9(3)12/h6-9H,4-5H2,1-3H3. The first-order valence-electron chi connectivity index (χ1n) is 5.24. The van der Waals surface area contributed by atoms with Gasteiger partial charge in [-0.2, -0.15) is 0 Å². The summed E-state index contributed by atoms with van der Waals surface area (Å²) in [5, 5.41) is 0.0423. The second-order valence-electron chi connectivity index (χ2n) is 3.60. The number of aromatic nitrogens is 2. The maximum atomic E-state index is 6.01. The van der Waals surface area contributed by atoms with Crippen molar-refractivity contribution in [2.75, 3.05) is 6.61 Å². The first-order chi connectivity index (χ1) is 7.15. The van der Waals surface area contributed by atoms with Gasteiger partial charge in [-0.15, -0.1) is 11.6 Å². The number of nitrogens with zero attached hydrogens (tertiary/aromatic N) is 2. The van der Waals surface area contributed by atoms with E-state index in [-0.39, 0.29) is 11.3 Å². The van der Waals surface area contributed by atoms with Crippen molar-refractivity contribution in [3.05, 3.63) is 18.1 Å².